The first kappa shape index (κ1) is 16.9. The normalized spacial score (nSPS) is 11.2. The van der Waals surface area contributed by atoms with Crippen LogP contribution >= 0.6 is 11.6 Å². The van der Waals surface area contributed by atoms with Crippen molar-refractivity contribution in [3.8, 4) is 11.5 Å². The molecule has 9 heteroatoms. The van der Waals surface area contributed by atoms with Gasteiger partial charge in [-0.1, -0.05) is 29.8 Å². The second-order valence-electron chi connectivity index (χ2n) is 5.65. The molecule has 1 aromatic carbocycles. The van der Waals surface area contributed by atoms with Crippen molar-refractivity contribution in [2.24, 2.45) is 5.10 Å². The van der Waals surface area contributed by atoms with Gasteiger partial charge in [0.25, 0.3) is 0 Å². The number of hydrogen-bond acceptors (Lipinski definition) is 6. The highest BCUT2D eigenvalue weighted by Gasteiger charge is 2.12. The number of aromatic nitrogens is 6. The maximum absolute atomic E-state index is 6.47. The summed E-state index contributed by atoms with van der Waals surface area (Å²) >= 11 is 6.47. The lowest BCUT2D eigenvalue weighted by Gasteiger charge is -2.02. The van der Waals surface area contributed by atoms with E-state index in [0.717, 1.165) is 16.9 Å². The van der Waals surface area contributed by atoms with Crippen LogP contribution in [0.2, 0.25) is 5.15 Å². The molecule has 0 aliphatic rings. The number of benzene rings is 1. The lowest BCUT2D eigenvalue weighted by Crippen LogP contribution is -2.00. The van der Waals surface area contributed by atoms with E-state index in [9.17, 15) is 0 Å². The Labute approximate surface area is 160 Å². The van der Waals surface area contributed by atoms with Gasteiger partial charge in [-0.3, -0.25) is 9.99 Å². The number of anilines is 1. The van der Waals surface area contributed by atoms with Crippen LogP contribution < -0.4 is 5.43 Å². The van der Waals surface area contributed by atoms with Crippen LogP contribution in [0, 0.1) is 6.92 Å². The van der Waals surface area contributed by atoms with Crippen molar-refractivity contribution in [2.75, 3.05) is 5.43 Å². The summed E-state index contributed by atoms with van der Waals surface area (Å²) in [6, 6.07) is 13.3. The van der Waals surface area contributed by atoms with E-state index < -0.39 is 0 Å². The van der Waals surface area contributed by atoms with Crippen molar-refractivity contribution in [1.82, 2.24) is 29.5 Å². The molecule has 0 atom stereocenters. The summed E-state index contributed by atoms with van der Waals surface area (Å²) in [5.74, 6) is 1.18. The van der Waals surface area contributed by atoms with Gasteiger partial charge in [-0.25, -0.2) is 9.67 Å². The lowest BCUT2D eigenvalue weighted by molar-refractivity contribution is 0.863. The van der Waals surface area contributed by atoms with Gasteiger partial charge in [-0.05, 0) is 31.2 Å². The first-order valence-corrected chi connectivity index (χ1v) is 8.52. The summed E-state index contributed by atoms with van der Waals surface area (Å²) in [5, 5.41) is 17.4. The van der Waals surface area contributed by atoms with Gasteiger partial charge in [-0.15, -0.1) is 10.2 Å². The Kier molecular flexibility index (Phi) is 4.63. The molecule has 4 aromatic rings. The van der Waals surface area contributed by atoms with E-state index in [1.165, 1.54) is 0 Å². The zero-order chi connectivity index (χ0) is 18.6. The van der Waals surface area contributed by atoms with Gasteiger partial charge in [0.1, 0.15) is 11.5 Å². The minimum Gasteiger partial charge on any atom is -0.289 e. The summed E-state index contributed by atoms with van der Waals surface area (Å²) in [7, 11) is 0. The molecular formula is C18H15ClN8. The van der Waals surface area contributed by atoms with E-state index in [1.807, 2.05) is 43.3 Å². The van der Waals surface area contributed by atoms with Crippen LogP contribution in [0.25, 0.3) is 11.5 Å². The molecule has 4 rings (SSSR count). The Morgan fingerprint density at radius 3 is 2.67 bits per heavy atom. The first-order chi connectivity index (χ1) is 13.2. The van der Waals surface area contributed by atoms with Crippen LogP contribution in [0.1, 0.15) is 11.3 Å². The number of hydrazone groups is 1. The maximum Gasteiger partial charge on any atom is 0.168 e. The summed E-state index contributed by atoms with van der Waals surface area (Å²) in [6.07, 6.45) is 6.75. The van der Waals surface area contributed by atoms with Crippen molar-refractivity contribution >= 4 is 23.6 Å². The number of para-hydroxylation sites is 1. The van der Waals surface area contributed by atoms with E-state index in [2.05, 4.69) is 30.8 Å². The van der Waals surface area contributed by atoms with Crippen LogP contribution in [0.15, 0.2) is 66.3 Å². The first-order valence-electron chi connectivity index (χ1n) is 8.14. The van der Waals surface area contributed by atoms with Crippen molar-refractivity contribution < 1.29 is 0 Å². The third kappa shape index (κ3) is 3.56. The fourth-order valence-electron chi connectivity index (χ4n) is 2.48. The fraction of sp³-hybridized carbons (Fsp3) is 0.0556. The van der Waals surface area contributed by atoms with Crippen molar-refractivity contribution in [3.63, 3.8) is 0 Å². The summed E-state index contributed by atoms with van der Waals surface area (Å²) in [6.45, 7) is 1.88. The SMILES string of the molecule is Cc1nn(-c2ccccc2)c(Cl)c1C=NNc1ccc(-n2ccnc2)nn1. The number of nitrogens with one attached hydrogen (secondary N) is 1. The van der Waals surface area contributed by atoms with E-state index in [1.54, 1.807) is 40.3 Å². The topological polar surface area (TPSA) is 85.8 Å². The molecule has 3 heterocycles. The van der Waals surface area contributed by atoms with Crippen molar-refractivity contribution in [2.45, 2.75) is 6.92 Å². The molecule has 0 unspecified atom stereocenters. The minimum absolute atomic E-state index is 0.491. The molecule has 0 spiro atoms. The zero-order valence-electron chi connectivity index (χ0n) is 14.4. The maximum atomic E-state index is 6.47. The lowest BCUT2D eigenvalue weighted by atomic mass is 10.3. The standard InChI is InChI=1S/C18H15ClN8/c1-13-15(18(19)27(25-13)14-5-3-2-4-6-14)11-21-22-16-7-8-17(24-23-16)26-10-9-20-12-26/h2-12H,1H3,(H,22,23). The average molecular weight is 379 g/mol. The van der Waals surface area contributed by atoms with Crippen molar-refractivity contribution in [1.29, 1.82) is 0 Å². The number of rotatable bonds is 5. The third-order valence-corrected chi connectivity index (χ3v) is 4.20. The monoisotopic (exact) mass is 378 g/mol. The highest BCUT2D eigenvalue weighted by molar-refractivity contribution is 6.32. The van der Waals surface area contributed by atoms with Crippen LogP contribution in [0.3, 0.4) is 0 Å². The Morgan fingerprint density at radius 1 is 1.11 bits per heavy atom. The number of nitrogens with zero attached hydrogens (tertiary/aromatic N) is 7. The Morgan fingerprint density at radius 2 is 1.96 bits per heavy atom. The van der Waals surface area contributed by atoms with Gasteiger partial charge in [0.15, 0.2) is 11.6 Å². The largest absolute Gasteiger partial charge is 0.289 e. The average Bonchev–Trinajstić information content (AvgIpc) is 3.33. The van der Waals surface area contributed by atoms with Gasteiger partial charge < -0.3 is 0 Å². The summed E-state index contributed by atoms with van der Waals surface area (Å²) < 4.78 is 3.44. The van der Waals surface area contributed by atoms with Crippen LogP contribution in [0.5, 0.6) is 0 Å². The van der Waals surface area contributed by atoms with Crippen molar-refractivity contribution in [3.05, 3.63) is 77.6 Å². The number of hydrogen-bond donors (Lipinski definition) is 1. The van der Waals surface area contributed by atoms with Gasteiger partial charge >= 0.3 is 0 Å². The Balaban J connectivity index is 1.50. The van der Waals surface area contributed by atoms with Crippen LogP contribution in [0.4, 0.5) is 5.82 Å². The van der Waals surface area contributed by atoms with Gasteiger partial charge in [0.2, 0.25) is 0 Å². The molecule has 0 aliphatic carbocycles. The third-order valence-electron chi connectivity index (χ3n) is 3.84. The van der Waals surface area contributed by atoms with Crippen LogP contribution in [-0.2, 0) is 0 Å². The smallest absolute Gasteiger partial charge is 0.168 e. The number of halogens is 1. The van der Waals surface area contributed by atoms with E-state index >= 15 is 0 Å². The molecule has 0 aliphatic heterocycles. The molecule has 8 nitrogen and oxygen atoms in total. The Hall–Kier alpha value is -3.52. The van der Waals surface area contributed by atoms with Gasteiger partial charge in [-0.2, -0.15) is 10.2 Å². The van der Waals surface area contributed by atoms with Gasteiger partial charge in [0.05, 0.1) is 23.2 Å². The van der Waals surface area contributed by atoms with Gasteiger partial charge in [0, 0.05) is 12.4 Å². The molecule has 134 valence electrons. The molecule has 0 fully saturated rings. The van der Waals surface area contributed by atoms with E-state index in [0.29, 0.717) is 16.8 Å². The molecule has 0 saturated heterocycles. The van der Waals surface area contributed by atoms with E-state index in [4.69, 9.17) is 11.6 Å². The molecule has 1 N–H and O–H groups in total. The highest BCUT2D eigenvalue weighted by atomic mass is 35.5. The zero-order valence-corrected chi connectivity index (χ0v) is 15.1. The predicted octanol–water partition coefficient (Wildman–Crippen LogP) is 3.26. The second-order valence-corrected chi connectivity index (χ2v) is 6.01. The number of imidazole rings is 1. The molecule has 3 aromatic heterocycles. The predicted molar refractivity (Wildman–Crippen MR) is 104 cm³/mol. The second kappa shape index (κ2) is 7.38. The summed E-state index contributed by atoms with van der Waals surface area (Å²) in [5.41, 5.74) is 5.24. The molecule has 0 radical (unpaired) electrons. The summed E-state index contributed by atoms with van der Waals surface area (Å²) in [4.78, 5) is 3.98. The van der Waals surface area contributed by atoms with Crippen LogP contribution in [-0.4, -0.2) is 35.7 Å². The molecular weight excluding hydrogens is 364 g/mol. The quantitative estimate of drug-likeness (QED) is 0.425. The molecule has 0 amide bonds. The Bertz CT molecular complexity index is 1050. The number of aryl methyl sites for hydroxylation is 1. The minimum atomic E-state index is 0.491. The fourth-order valence-corrected chi connectivity index (χ4v) is 2.80. The molecule has 27 heavy (non-hydrogen) atoms. The molecule has 0 saturated carbocycles. The highest BCUT2D eigenvalue weighted by Crippen LogP contribution is 2.22. The van der Waals surface area contributed by atoms with E-state index in [-0.39, 0.29) is 0 Å². The molecule has 0 bridgehead atoms.